The summed E-state index contributed by atoms with van der Waals surface area (Å²) in [6.45, 7) is 4.01. The van der Waals surface area contributed by atoms with E-state index < -0.39 is 0 Å². The van der Waals surface area contributed by atoms with Crippen molar-refractivity contribution < 1.29 is 9.53 Å². The van der Waals surface area contributed by atoms with Gasteiger partial charge in [-0.15, -0.1) is 0 Å². The van der Waals surface area contributed by atoms with Crippen molar-refractivity contribution in [2.75, 3.05) is 18.2 Å². The van der Waals surface area contributed by atoms with Crippen LogP contribution in [-0.2, 0) is 0 Å². The Morgan fingerprint density at radius 3 is 2.71 bits per heavy atom. The number of hydrogen-bond acceptors (Lipinski definition) is 4. The Balaban J connectivity index is 2.23. The van der Waals surface area contributed by atoms with E-state index in [2.05, 4.69) is 10.3 Å². The Morgan fingerprint density at radius 2 is 2.05 bits per heavy atom. The van der Waals surface area contributed by atoms with E-state index in [0.29, 0.717) is 22.8 Å². The summed E-state index contributed by atoms with van der Waals surface area (Å²) in [7, 11) is 1.58. The molecule has 0 aliphatic rings. The van der Waals surface area contributed by atoms with Gasteiger partial charge in [-0.25, -0.2) is 4.98 Å². The molecular formula is C16H19N3O2. The lowest BCUT2D eigenvalue weighted by molar-refractivity contribution is 0.102. The number of benzene rings is 1. The number of amides is 1. The number of methoxy groups -OCH3 is 1. The molecule has 5 nitrogen and oxygen atoms in total. The third-order valence-corrected chi connectivity index (χ3v) is 3.05. The highest BCUT2D eigenvalue weighted by Gasteiger charge is 2.11. The largest absolute Gasteiger partial charge is 0.497 e. The summed E-state index contributed by atoms with van der Waals surface area (Å²) in [4.78, 5) is 16.5. The van der Waals surface area contributed by atoms with Gasteiger partial charge >= 0.3 is 0 Å². The van der Waals surface area contributed by atoms with Crippen LogP contribution < -0.4 is 15.8 Å². The molecule has 0 unspecified atom stereocenters. The van der Waals surface area contributed by atoms with E-state index in [1.165, 1.54) is 0 Å². The van der Waals surface area contributed by atoms with Crippen molar-refractivity contribution >= 4 is 17.4 Å². The van der Waals surface area contributed by atoms with Gasteiger partial charge in [0.2, 0.25) is 0 Å². The number of aromatic nitrogens is 1. The molecule has 5 heteroatoms. The molecule has 2 rings (SSSR count). The zero-order valence-electron chi connectivity index (χ0n) is 12.4. The molecular weight excluding hydrogens is 266 g/mol. The Labute approximate surface area is 124 Å². The van der Waals surface area contributed by atoms with Crippen molar-refractivity contribution in [1.82, 2.24) is 4.98 Å². The quantitative estimate of drug-likeness (QED) is 0.905. The molecule has 0 fully saturated rings. The van der Waals surface area contributed by atoms with Gasteiger partial charge in [0.25, 0.3) is 5.91 Å². The van der Waals surface area contributed by atoms with Crippen molar-refractivity contribution in [3.63, 3.8) is 0 Å². The minimum absolute atomic E-state index is 0.205. The van der Waals surface area contributed by atoms with Gasteiger partial charge < -0.3 is 15.8 Å². The second kappa shape index (κ2) is 6.26. The summed E-state index contributed by atoms with van der Waals surface area (Å²) in [5.41, 5.74) is 7.72. The molecule has 0 aliphatic heterocycles. The van der Waals surface area contributed by atoms with Crippen molar-refractivity contribution in [3.8, 4) is 5.75 Å². The fourth-order valence-corrected chi connectivity index (χ4v) is 1.90. The molecule has 21 heavy (non-hydrogen) atoms. The second-order valence-electron chi connectivity index (χ2n) is 5.05. The lowest BCUT2D eigenvalue weighted by Gasteiger charge is -2.10. The van der Waals surface area contributed by atoms with E-state index in [0.717, 1.165) is 5.69 Å². The van der Waals surface area contributed by atoms with Crippen molar-refractivity contribution in [3.05, 3.63) is 47.7 Å². The van der Waals surface area contributed by atoms with E-state index in [4.69, 9.17) is 10.5 Å². The van der Waals surface area contributed by atoms with Gasteiger partial charge in [0.15, 0.2) is 0 Å². The Kier molecular flexibility index (Phi) is 4.42. The van der Waals surface area contributed by atoms with E-state index in [-0.39, 0.29) is 11.8 Å². The third kappa shape index (κ3) is 3.72. The van der Waals surface area contributed by atoms with Gasteiger partial charge in [0.1, 0.15) is 11.6 Å². The number of nitrogens with zero attached hydrogens (tertiary/aromatic N) is 1. The number of hydrogen-bond donors (Lipinski definition) is 2. The maximum absolute atomic E-state index is 12.3. The fraction of sp³-hybridized carbons (Fsp3) is 0.250. The number of nitrogens with two attached hydrogens (primary N) is 1. The first-order chi connectivity index (χ1) is 9.99. The van der Waals surface area contributed by atoms with Crippen LogP contribution in [0, 0.1) is 0 Å². The number of ether oxygens (including phenoxy) is 1. The summed E-state index contributed by atoms with van der Waals surface area (Å²) in [5.74, 6) is 1.01. The molecule has 0 aliphatic carbocycles. The zero-order valence-corrected chi connectivity index (χ0v) is 12.4. The highest BCUT2D eigenvalue weighted by atomic mass is 16.5. The fourth-order valence-electron chi connectivity index (χ4n) is 1.90. The number of carbonyl (C=O) groups is 1. The predicted octanol–water partition coefficient (Wildman–Crippen LogP) is 3.05. The first-order valence-corrected chi connectivity index (χ1v) is 6.72. The molecule has 0 saturated heterocycles. The highest BCUT2D eigenvalue weighted by molar-refractivity contribution is 6.04. The average molecular weight is 285 g/mol. The smallest absolute Gasteiger partial charge is 0.255 e. The van der Waals surface area contributed by atoms with Crippen LogP contribution in [0.1, 0.15) is 35.8 Å². The SMILES string of the molecule is COc1cccc(NC(=O)c2cc(N)nc(C(C)C)c2)c1. The topological polar surface area (TPSA) is 77.2 Å². The lowest BCUT2D eigenvalue weighted by Crippen LogP contribution is -2.13. The van der Waals surface area contributed by atoms with E-state index in [9.17, 15) is 4.79 Å². The summed E-state index contributed by atoms with van der Waals surface area (Å²) < 4.78 is 5.13. The maximum Gasteiger partial charge on any atom is 0.255 e. The van der Waals surface area contributed by atoms with Crippen LogP contribution in [-0.4, -0.2) is 18.0 Å². The number of rotatable bonds is 4. The van der Waals surface area contributed by atoms with Crippen LogP contribution in [0.15, 0.2) is 36.4 Å². The molecule has 0 atom stereocenters. The van der Waals surface area contributed by atoms with Gasteiger partial charge in [-0.1, -0.05) is 19.9 Å². The second-order valence-corrected chi connectivity index (χ2v) is 5.05. The van der Waals surface area contributed by atoms with Gasteiger partial charge in [-0.3, -0.25) is 4.79 Å². The Bertz CT molecular complexity index is 654. The van der Waals surface area contributed by atoms with Crippen LogP contribution in [0.4, 0.5) is 11.5 Å². The molecule has 0 saturated carbocycles. The number of nitrogen functional groups attached to an aromatic ring is 1. The molecule has 0 spiro atoms. The molecule has 1 heterocycles. The Hall–Kier alpha value is -2.56. The van der Waals surface area contributed by atoms with E-state index in [1.54, 1.807) is 31.4 Å². The molecule has 3 N–H and O–H groups in total. The number of nitrogens with one attached hydrogen (secondary N) is 1. The van der Waals surface area contributed by atoms with Gasteiger partial charge in [0.05, 0.1) is 7.11 Å². The minimum Gasteiger partial charge on any atom is -0.497 e. The lowest BCUT2D eigenvalue weighted by atomic mass is 10.1. The zero-order chi connectivity index (χ0) is 15.4. The molecule has 1 aromatic carbocycles. The molecule has 0 radical (unpaired) electrons. The molecule has 110 valence electrons. The molecule has 0 bridgehead atoms. The molecule has 2 aromatic rings. The first kappa shape index (κ1) is 14.8. The first-order valence-electron chi connectivity index (χ1n) is 6.72. The molecule has 1 amide bonds. The maximum atomic E-state index is 12.3. The summed E-state index contributed by atoms with van der Waals surface area (Å²) in [6, 6.07) is 10.5. The Morgan fingerprint density at radius 1 is 1.29 bits per heavy atom. The van der Waals surface area contributed by atoms with Crippen molar-refractivity contribution in [1.29, 1.82) is 0 Å². The van der Waals surface area contributed by atoms with Crippen LogP contribution in [0.3, 0.4) is 0 Å². The van der Waals surface area contributed by atoms with Crippen LogP contribution in [0.5, 0.6) is 5.75 Å². The van der Waals surface area contributed by atoms with Crippen molar-refractivity contribution in [2.24, 2.45) is 0 Å². The minimum atomic E-state index is -0.223. The average Bonchev–Trinajstić information content (AvgIpc) is 2.46. The number of pyridine rings is 1. The standard InChI is InChI=1S/C16H19N3O2/c1-10(2)14-7-11(8-15(17)19-14)16(20)18-12-5-4-6-13(9-12)21-3/h4-10H,1-3H3,(H2,17,19)(H,18,20). The van der Waals surface area contributed by atoms with Gasteiger partial charge in [0, 0.05) is 23.0 Å². The van der Waals surface area contributed by atoms with E-state index >= 15 is 0 Å². The predicted molar refractivity (Wildman–Crippen MR) is 83.7 cm³/mol. The highest BCUT2D eigenvalue weighted by Crippen LogP contribution is 2.19. The van der Waals surface area contributed by atoms with Crippen LogP contribution in [0.25, 0.3) is 0 Å². The van der Waals surface area contributed by atoms with Crippen molar-refractivity contribution in [2.45, 2.75) is 19.8 Å². The van der Waals surface area contributed by atoms with Crippen LogP contribution >= 0.6 is 0 Å². The normalized spacial score (nSPS) is 10.5. The molecule has 1 aromatic heterocycles. The van der Waals surface area contributed by atoms with Crippen LogP contribution in [0.2, 0.25) is 0 Å². The number of carbonyl (C=O) groups excluding carboxylic acids is 1. The van der Waals surface area contributed by atoms with Gasteiger partial charge in [-0.05, 0) is 30.2 Å². The summed E-state index contributed by atoms with van der Waals surface area (Å²) >= 11 is 0. The summed E-state index contributed by atoms with van der Waals surface area (Å²) in [5, 5.41) is 2.82. The number of anilines is 2. The third-order valence-electron chi connectivity index (χ3n) is 3.05. The van der Waals surface area contributed by atoms with E-state index in [1.807, 2.05) is 26.0 Å². The van der Waals surface area contributed by atoms with Gasteiger partial charge in [-0.2, -0.15) is 0 Å². The monoisotopic (exact) mass is 285 g/mol. The summed E-state index contributed by atoms with van der Waals surface area (Å²) in [6.07, 6.45) is 0.